The lowest BCUT2D eigenvalue weighted by molar-refractivity contribution is -0.192. The Kier molecular flexibility index (Phi) is 7.53. The molecule has 2 fully saturated rings. The van der Waals surface area contributed by atoms with Gasteiger partial charge in [0.15, 0.2) is 0 Å². The lowest BCUT2D eigenvalue weighted by atomic mass is 9.86. The van der Waals surface area contributed by atoms with Crippen molar-refractivity contribution in [3.63, 3.8) is 0 Å². The van der Waals surface area contributed by atoms with Gasteiger partial charge in [-0.1, -0.05) is 0 Å². The van der Waals surface area contributed by atoms with E-state index < -0.39 is 12.1 Å². The van der Waals surface area contributed by atoms with Crippen LogP contribution in [0.5, 0.6) is 0 Å². The number of aliphatic carboxylic acids is 1. The number of hydrogen-bond acceptors (Lipinski definition) is 6. The van der Waals surface area contributed by atoms with Gasteiger partial charge in [0.1, 0.15) is 5.69 Å². The minimum Gasteiger partial charge on any atom is -0.475 e. The number of carbonyl (C=O) groups is 2. The largest absolute Gasteiger partial charge is 0.490 e. The minimum absolute atomic E-state index is 0.0353. The highest BCUT2D eigenvalue weighted by Crippen LogP contribution is 2.37. The SMILES string of the molecule is CN(C)CC1COC2(CCCN(C(=O)c3cnccn3)C2)C1.O=C(O)C(F)(F)F. The van der Waals surface area contributed by atoms with Crippen LogP contribution in [0.1, 0.15) is 29.8 Å². The Morgan fingerprint density at radius 1 is 1.38 bits per heavy atom. The molecular formula is C18H25F3N4O4. The summed E-state index contributed by atoms with van der Waals surface area (Å²) in [6.45, 7) is 3.29. The fourth-order valence-corrected chi connectivity index (χ4v) is 3.70. The second kappa shape index (κ2) is 9.49. The average Bonchev–Trinajstić information content (AvgIpc) is 3.02. The second-order valence-corrected chi connectivity index (χ2v) is 7.55. The van der Waals surface area contributed by atoms with Crippen LogP contribution in [0.4, 0.5) is 13.2 Å². The summed E-state index contributed by atoms with van der Waals surface area (Å²) in [6.07, 6.45) is 2.66. The number of aromatic nitrogens is 2. The summed E-state index contributed by atoms with van der Waals surface area (Å²) < 4.78 is 37.9. The number of rotatable bonds is 3. The Morgan fingerprint density at radius 2 is 2.07 bits per heavy atom. The standard InChI is InChI=1S/C16H24N4O2.C2HF3O2/c1-19(2)10-13-8-16(22-11-13)4-3-7-20(12-16)15(21)14-9-17-5-6-18-14;3-2(4,5)1(6)7/h5-6,9,13H,3-4,7-8,10-12H2,1-2H3;(H,6,7). The molecule has 3 heterocycles. The molecule has 1 aromatic heterocycles. The maximum atomic E-state index is 12.6. The number of likely N-dealkylation sites (tertiary alicyclic amines) is 1. The van der Waals surface area contributed by atoms with E-state index in [-0.39, 0.29) is 11.5 Å². The molecule has 0 aromatic carbocycles. The summed E-state index contributed by atoms with van der Waals surface area (Å²) in [6, 6.07) is 0. The van der Waals surface area contributed by atoms with Crippen LogP contribution in [0.3, 0.4) is 0 Å². The molecule has 0 bridgehead atoms. The summed E-state index contributed by atoms with van der Waals surface area (Å²) in [5.74, 6) is -2.24. The van der Waals surface area contributed by atoms with Crippen molar-refractivity contribution < 1.29 is 32.6 Å². The Hall–Kier alpha value is -2.27. The van der Waals surface area contributed by atoms with E-state index in [0.717, 1.165) is 39.0 Å². The summed E-state index contributed by atoms with van der Waals surface area (Å²) in [7, 11) is 4.19. The fourth-order valence-electron chi connectivity index (χ4n) is 3.70. The molecule has 162 valence electrons. The van der Waals surface area contributed by atoms with E-state index in [4.69, 9.17) is 14.6 Å². The first-order chi connectivity index (χ1) is 13.5. The predicted octanol–water partition coefficient (Wildman–Crippen LogP) is 1.68. The number of carboxylic acids is 1. The molecule has 3 rings (SSSR count). The maximum absolute atomic E-state index is 12.6. The molecule has 2 saturated heterocycles. The third kappa shape index (κ3) is 6.64. The molecule has 2 aliphatic heterocycles. The number of halogens is 3. The van der Waals surface area contributed by atoms with Crippen molar-refractivity contribution in [3.8, 4) is 0 Å². The van der Waals surface area contributed by atoms with Crippen LogP contribution in [0, 0.1) is 5.92 Å². The Bertz CT molecular complexity index is 702. The van der Waals surface area contributed by atoms with Gasteiger partial charge in [-0.25, -0.2) is 9.78 Å². The normalized spacial score (nSPS) is 24.3. The van der Waals surface area contributed by atoms with E-state index in [0.29, 0.717) is 18.2 Å². The molecular weight excluding hydrogens is 393 g/mol. The second-order valence-electron chi connectivity index (χ2n) is 7.55. The average molecular weight is 418 g/mol. The van der Waals surface area contributed by atoms with Gasteiger partial charge in [-0.05, 0) is 39.3 Å². The van der Waals surface area contributed by atoms with E-state index in [1.807, 2.05) is 4.90 Å². The van der Waals surface area contributed by atoms with Gasteiger partial charge in [0.2, 0.25) is 0 Å². The lowest BCUT2D eigenvalue weighted by Gasteiger charge is -2.39. The van der Waals surface area contributed by atoms with Crippen molar-refractivity contribution >= 4 is 11.9 Å². The molecule has 8 nitrogen and oxygen atoms in total. The summed E-state index contributed by atoms with van der Waals surface area (Å²) in [5, 5.41) is 7.12. The molecule has 0 saturated carbocycles. The van der Waals surface area contributed by atoms with Gasteiger partial charge < -0.3 is 19.6 Å². The molecule has 0 radical (unpaired) electrons. The quantitative estimate of drug-likeness (QED) is 0.798. The van der Waals surface area contributed by atoms with Gasteiger partial charge >= 0.3 is 12.1 Å². The van der Waals surface area contributed by atoms with Crippen LogP contribution < -0.4 is 0 Å². The minimum atomic E-state index is -5.08. The first-order valence-corrected chi connectivity index (χ1v) is 9.16. The molecule has 1 aromatic rings. The summed E-state index contributed by atoms with van der Waals surface area (Å²) >= 11 is 0. The highest BCUT2D eigenvalue weighted by atomic mass is 19.4. The van der Waals surface area contributed by atoms with Gasteiger partial charge in [0.25, 0.3) is 5.91 Å². The third-order valence-corrected chi connectivity index (χ3v) is 4.76. The monoisotopic (exact) mass is 418 g/mol. The number of carboxylic acid groups (broad SMARTS) is 1. The smallest absolute Gasteiger partial charge is 0.475 e. The molecule has 0 aliphatic carbocycles. The first kappa shape index (κ1) is 23.0. The zero-order chi connectivity index (χ0) is 21.7. The molecule has 29 heavy (non-hydrogen) atoms. The van der Waals surface area contributed by atoms with Crippen LogP contribution in [0.2, 0.25) is 0 Å². The highest BCUT2D eigenvalue weighted by molar-refractivity contribution is 5.92. The molecule has 2 atom stereocenters. The number of carbonyl (C=O) groups excluding carboxylic acids is 1. The molecule has 1 N–H and O–H groups in total. The van der Waals surface area contributed by atoms with Gasteiger partial charge in [0.05, 0.1) is 24.9 Å². The fraction of sp³-hybridized carbons (Fsp3) is 0.667. The topological polar surface area (TPSA) is 95.9 Å². The summed E-state index contributed by atoms with van der Waals surface area (Å²) in [5.41, 5.74) is 0.263. The van der Waals surface area contributed by atoms with Crippen molar-refractivity contribution in [1.29, 1.82) is 0 Å². The van der Waals surface area contributed by atoms with Gasteiger partial charge in [-0.2, -0.15) is 13.2 Å². The summed E-state index contributed by atoms with van der Waals surface area (Å²) in [4.78, 5) is 33.7. The Balaban J connectivity index is 0.000000370. The number of hydrogen-bond donors (Lipinski definition) is 1. The molecule has 11 heteroatoms. The van der Waals surface area contributed by atoms with E-state index >= 15 is 0 Å². The predicted molar refractivity (Wildman–Crippen MR) is 96.2 cm³/mol. The van der Waals surface area contributed by atoms with Crippen molar-refractivity contribution in [3.05, 3.63) is 24.3 Å². The molecule has 1 spiro atoms. The Morgan fingerprint density at radius 3 is 2.62 bits per heavy atom. The van der Waals surface area contributed by atoms with E-state index in [2.05, 4.69) is 29.0 Å². The van der Waals surface area contributed by atoms with E-state index in [1.165, 1.54) is 6.20 Å². The van der Waals surface area contributed by atoms with Crippen LogP contribution in [-0.2, 0) is 9.53 Å². The van der Waals surface area contributed by atoms with E-state index in [1.54, 1.807) is 12.4 Å². The maximum Gasteiger partial charge on any atom is 0.490 e. The first-order valence-electron chi connectivity index (χ1n) is 9.16. The van der Waals surface area contributed by atoms with Crippen LogP contribution in [0.25, 0.3) is 0 Å². The molecule has 2 unspecified atom stereocenters. The van der Waals surface area contributed by atoms with Crippen LogP contribution in [0.15, 0.2) is 18.6 Å². The molecule has 2 aliphatic rings. The molecule has 1 amide bonds. The lowest BCUT2D eigenvalue weighted by Crippen LogP contribution is -2.50. The Labute approximate surface area is 166 Å². The van der Waals surface area contributed by atoms with Crippen LogP contribution >= 0.6 is 0 Å². The van der Waals surface area contributed by atoms with Crippen molar-refractivity contribution in [1.82, 2.24) is 19.8 Å². The number of alkyl halides is 3. The number of nitrogens with zero attached hydrogens (tertiary/aromatic N) is 4. The number of ether oxygens (including phenoxy) is 1. The van der Waals surface area contributed by atoms with Crippen molar-refractivity contribution in [2.45, 2.75) is 31.0 Å². The zero-order valence-electron chi connectivity index (χ0n) is 16.4. The van der Waals surface area contributed by atoms with Crippen molar-refractivity contribution in [2.24, 2.45) is 5.92 Å². The van der Waals surface area contributed by atoms with Gasteiger partial charge in [-0.15, -0.1) is 0 Å². The highest BCUT2D eigenvalue weighted by Gasteiger charge is 2.44. The van der Waals surface area contributed by atoms with Gasteiger partial charge in [-0.3, -0.25) is 9.78 Å². The van der Waals surface area contributed by atoms with E-state index in [9.17, 15) is 18.0 Å². The zero-order valence-corrected chi connectivity index (χ0v) is 16.4. The third-order valence-electron chi connectivity index (χ3n) is 4.76. The van der Waals surface area contributed by atoms with Crippen LogP contribution in [-0.4, -0.2) is 88.9 Å². The van der Waals surface area contributed by atoms with Crippen molar-refractivity contribution in [2.75, 3.05) is 40.3 Å². The van der Waals surface area contributed by atoms with Gasteiger partial charge in [0, 0.05) is 25.5 Å². The number of piperidine rings is 1. The number of amides is 1.